The molecule has 0 amide bonds. The summed E-state index contributed by atoms with van der Waals surface area (Å²) in [5.74, 6) is -1.21. The fourth-order valence-corrected chi connectivity index (χ4v) is 3.34. The molecule has 0 aliphatic carbocycles. The highest BCUT2D eigenvalue weighted by atomic mass is 16.5. The molecule has 0 unspecified atom stereocenters. The van der Waals surface area contributed by atoms with Gasteiger partial charge in [0.05, 0.1) is 17.7 Å². The van der Waals surface area contributed by atoms with Crippen molar-refractivity contribution in [2.75, 3.05) is 6.61 Å². The minimum absolute atomic E-state index is 0.257. The molecule has 26 heavy (non-hydrogen) atoms. The Morgan fingerprint density at radius 3 is 2.38 bits per heavy atom. The van der Waals surface area contributed by atoms with Gasteiger partial charge in [0.25, 0.3) is 0 Å². The normalized spacial score (nSPS) is 10.9. The van der Waals surface area contributed by atoms with Crippen LogP contribution in [0.5, 0.6) is 0 Å². The van der Waals surface area contributed by atoms with Crippen LogP contribution < -0.4 is 0 Å². The molecule has 0 bridgehead atoms. The van der Waals surface area contributed by atoms with Gasteiger partial charge in [0.15, 0.2) is 0 Å². The Morgan fingerprint density at radius 1 is 1.00 bits per heavy atom. The number of fused-ring (bicyclic) bond motifs is 1. The van der Waals surface area contributed by atoms with Crippen LogP contribution in [0.25, 0.3) is 10.8 Å². The number of ether oxygens (including phenoxy) is 1. The Bertz CT molecular complexity index is 792. The second kappa shape index (κ2) is 9.37. The molecule has 0 radical (unpaired) electrons. The van der Waals surface area contributed by atoms with Gasteiger partial charge in [-0.3, -0.25) is 0 Å². The summed E-state index contributed by atoms with van der Waals surface area (Å²) in [6.45, 7) is 6.61. The number of rotatable bonds is 9. The van der Waals surface area contributed by atoms with Crippen molar-refractivity contribution < 1.29 is 19.4 Å². The van der Waals surface area contributed by atoms with E-state index in [0.717, 1.165) is 47.6 Å². The molecule has 2 aromatic rings. The van der Waals surface area contributed by atoms with Gasteiger partial charge in [0.2, 0.25) is 0 Å². The van der Waals surface area contributed by atoms with E-state index in [4.69, 9.17) is 4.74 Å². The molecule has 2 rings (SSSR count). The second-order valence-corrected chi connectivity index (χ2v) is 6.53. The first-order valence-corrected chi connectivity index (χ1v) is 9.52. The molecule has 0 heterocycles. The highest BCUT2D eigenvalue weighted by molar-refractivity contribution is 6.02. The maximum atomic E-state index is 12.7. The third-order valence-electron chi connectivity index (χ3n) is 4.75. The lowest BCUT2D eigenvalue weighted by Gasteiger charge is -2.16. The van der Waals surface area contributed by atoms with Gasteiger partial charge in [-0.25, -0.2) is 9.59 Å². The lowest BCUT2D eigenvalue weighted by molar-refractivity contribution is 0.0495. The van der Waals surface area contributed by atoms with Gasteiger partial charge in [-0.15, -0.1) is 0 Å². The van der Waals surface area contributed by atoms with E-state index < -0.39 is 5.97 Å². The molecule has 0 atom stereocenters. The first kappa shape index (κ1) is 20.0. The molecule has 0 aliphatic heterocycles. The van der Waals surface area contributed by atoms with Crippen LogP contribution in [0.2, 0.25) is 0 Å². The SMILES string of the molecule is CCCCCCOC(=O)c1c(CC)cc2cc(C(=O)O)ccc2c1CC. The van der Waals surface area contributed by atoms with Crippen LogP contribution in [0.15, 0.2) is 24.3 Å². The number of hydrogen-bond donors (Lipinski definition) is 1. The summed E-state index contributed by atoms with van der Waals surface area (Å²) in [5.41, 5.74) is 2.76. The van der Waals surface area contributed by atoms with E-state index in [1.807, 2.05) is 19.9 Å². The van der Waals surface area contributed by atoms with E-state index in [1.54, 1.807) is 18.2 Å². The molecule has 0 saturated carbocycles. The first-order chi connectivity index (χ1) is 12.5. The molecule has 4 heteroatoms. The molecule has 0 aromatic heterocycles. The Balaban J connectivity index is 2.39. The van der Waals surface area contributed by atoms with Crippen molar-refractivity contribution in [1.82, 2.24) is 0 Å². The number of aromatic carboxylic acids is 1. The molecule has 4 nitrogen and oxygen atoms in total. The minimum Gasteiger partial charge on any atom is -0.478 e. The molecule has 0 saturated heterocycles. The van der Waals surface area contributed by atoms with Crippen LogP contribution in [0.1, 0.15) is 78.3 Å². The summed E-state index contributed by atoms with van der Waals surface area (Å²) in [4.78, 5) is 24.0. The van der Waals surface area contributed by atoms with Gasteiger partial charge in [-0.05, 0) is 53.3 Å². The van der Waals surface area contributed by atoms with Crippen LogP contribution in [-0.4, -0.2) is 23.7 Å². The highest BCUT2D eigenvalue weighted by Gasteiger charge is 2.20. The van der Waals surface area contributed by atoms with Crippen molar-refractivity contribution in [1.29, 1.82) is 0 Å². The van der Waals surface area contributed by atoms with E-state index in [1.165, 1.54) is 0 Å². The van der Waals surface area contributed by atoms with E-state index in [9.17, 15) is 14.7 Å². The Hall–Kier alpha value is -2.36. The van der Waals surface area contributed by atoms with Crippen molar-refractivity contribution in [3.8, 4) is 0 Å². The van der Waals surface area contributed by atoms with Gasteiger partial charge >= 0.3 is 11.9 Å². The zero-order valence-electron chi connectivity index (χ0n) is 15.9. The van der Waals surface area contributed by atoms with Crippen molar-refractivity contribution in [2.45, 2.75) is 59.3 Å². The quantitative estimate of drug-likeness (QED) is 0.482. The predicted octanol–water partition coefficient (Wildman–Crippen LogP) is 5.40. The number of carboxylic acids is 1. The Labute approximate surface area is 155 Å². The molecule has 2 aromatic carbocycles. The van der Waals surface area contributed by atoms with E-state index in [0.29, 0.717) is 25.0 Å². The average Bonchev–Trinajstić information content (AvgIpc) is 2.65. The lowest BCUT2D eigenvalue weighted by atomic mass is 9.90. The molecule has 140 valence electrons. The number of hydrogen-bond acceptors (Lipinski definition) is 3. The topological polar surface area (TPSA) is 63.6 Å². The van der Waals surface area contributed by atoms with Gasteiger partial charge in [-0.1, -0.05) is 52.2 Å². The molecule has 0 fully saturated rings. The smallest absolute Gasteiger partial charge is 0.338 e. The van der Waals surface area contributed by atoms with Crippen LogP contribution in [0.3, 0.4) is 0 Å². The third kappa shape index (κ3) is 4.43. The zero-order valence-corrected chi connectivity index (χ0v) is 15.9. The Morgan fingerprint density at radius 2 is 1.77 bits per heavy atom. The average molecular weight is 356 g/mol. The third-order valence-corrected chi connectivity index (χ3v) is 4.75. The number of benzene rings is 2. The second-order valence-electron chi connectivity index (χ2n) is 6.53. The van der Waals surface area contributed by atoms with Crippen LogP contribution >= 0.6 is 0 Å². The van der Waals surface area contributed by atoms with Gasteiger partial charge in [0.1, 0.15) is 0 Å². The lowest BCUT2D eigenvalue weighted by Crippen LogP contribution is -2.13. The van der Waals surface area contributed by atoms with Crippen molar-refractivity contribution in [2.24, 2.45) is 0 Å². The number of carboxylic acid groups (broad SMARTS) is 1. The summed E-state index contributed by atoms with van der Waals surface area (Å²) >= 11 is 0. The molecule has 0 spiro atoms. The molecule has 1 N–H and O–H groups in total. The zero-order chi connectivity index (χ0) is 19.1. The fourth-order valence-electron chi connectivity index (χ4n) is 3.34. The largest absolute Gasteiger partial charge is 0.478 e. The monoisotopic (exact) mass is 356 g/mol. The van der Waals surface area contributed by atoms with Crippen molar-refractivity contribution in [3.63, 3.8) is 0 Å². The predicted molar refractivity (Wildman–Crippen MR) is 104 cm³/mol. The van der Waals surface area contributed by atoms with Gasteiger partial charge < -0.3 is 9.84 Å². The number of esters is 1. The molecular weight excluding hydrogens is 328 g/mol. The first-order valence-electron chi connectivity index (χ1n) is 9.52. The standard InChI is InChI=1S/C22H28O4/c1-4-7-8-9-12-26-22(25)20-15(5-2)13-17-14-16(21(23)24)10-11-19(17)18(20)6-3/h10-11,13-14H,4-9,12H2,1-3H3,(H,23,24). The number of carbonyl (C=O) groups excluding carboxylic acids is 1. The van der Waals surface area contributed by atoms with Crippen LogP contribution in [0, 0.1) is 0 Å². The number of unbranched alkanes of at least 4 members (excludes halogenated alkanes) is 3. The van der Waals surface area contributed by atoms with E-state index in [-0.39, 0.29) is 11.5 Å². The Kier molecular flexibility index (Phi) is 7.19. The summed E-state index contributed by atoms with van der Waals surface area (Å²) < 4.78 is 5.54. The number of carbonyl (C=O) groups is 2. The van der Waals surface area contributed by atoms with Crippen LogP contribution in [-0.2, 0) is 17.6 Å². The van der Waals surface area contributed by atoms with Crippen LogP contribution in [0.4, 0.5) is 0 Å². The summed E-state index contributed by atoms with van der Waals surface area (Å²) in [7, 11) is 0. The maximum Gasteiger partial charge on any atom is 0.338 e. The van der Waals surface area contributed by atoms with Crippen molar-refractivity contribution in [3.05, 3.63) is 46.5 Å². The summed E-state index contributed by atoms with van der Waals surface area (Å²) in [6.07, 6.45) is 5.65. The summed E-state index contributed by atoms with van der Waals surface area (Å²) in [5, 5.41) is 11.0. The maximum absolute atomic E-state index is 12.7. The fraction of sp³-hybridized carbons (Fsp3) is 0.455. The van der Waals surface area contributed by atoms with Gasteiger partial charge in [-0.2, -0.15) is 0 Å². The van der Waals surface area contributed by atoms with E-state index >= 15 is 0 Å². The van der Waals surface area contributed by atoms with Crippen molar-refractivity contribution >= 4 is 22.7 Å². The molecule has 0 aliphatic rings. The highest BCUT2D eigenvalue weighted by Crippen LogP contribution is 2.29. The minimum atomic E-state index is -0.946. The summed E-state index contributed by atoms with van der Waals surface area (Å²) in [6, 6.07) is 6.99. The van der Waals surface area contributed by atoms with E-state index in [2.05, 4.69) is 6.92 Å². The van der Waals surface area contributed by atoms with Gasteiger partial charge in [0, 0.05) is 0 Å². The number of aryl methyl sites for hydroxylation is 2. The molecular formula is C22H28O4.